The first-order valence-corrected chi connectivity index (χ1v) is 10.9. The van der Waals surface area contributed by atoms with E-state index < -0.39 is 11.2 Å². The summed E-state index contributed by atoms with van der Waals surface area (Å²) in [5, 5.41) is 12.3. The van der Waals surface area contributed by atoms with E-state index in [2.05, 4.69) is 20.5 Å². The van der Waals surface area contributed by atoms with Crippen LogP contribution in [0.5, 0.6) is 0 Å². The molecule has 29 heavy (non-hydrogen) atoms. The van der Waals surface area contributed by atoms with E-state index in [9.17, 15) is 14.4 Å². The molecule has 0 aromatic carbocycles. The smallest absolute Gasteiger partial charge is 0.300 e. The van der Waals surface area contributed by atoms with Crippen LogP contribution in [0, 0.1) is 0 Å². The van der Waals surface area contributed by atoms with Gasteiger partial charge in [-0.2, -0.15) is 0 Å². The number of carbonyl (C=O) groups is 1. The molecule has 0 radical (unpaired) electrons. The monoisotopic (exact) mass is 434 g/mol. The van der Waals surface area contributed by atoms with Gasteiger partial charge < -0.3 is 0 Å². The van der Waals surface area contributed by atoms with Gasteiger partial charge >= 0.3 is 5.69 Å². The summed E-state index contributed by atoms with van der Waals surface area (Å²) in [5.41, 5.74) is 0.305. The number of thioether (sulfide) groups is 1. The molecule has 0 atom stereocenters. The summed E-state index contributed by atoms with van der Waals surface area (Å²) in [6, 6.07) is 0. The summed E-state index contributed by atoms with van der Waals surface area (Å²) in [6.45, 7) is 5.96. The van der Waals surface area contributed by atoms with Crippen LogP contribution < -0.4 is 16.6 Å². The van der Waals surface area contributed by atoms with Gasteiger partial charge in [0.25, 0.3) is 5.56 Å². The first-order valence-electron chi connectivity index (χ1n) is 9.08. The molecule has 0 aliphatic carbocycles. The molecule has 3 aromatic rings. The van der Waals surface area contributed by atoms with E-state index in [1.165, 1.54) is 34.7 Å². The molecule has 1 N–H and O–H groups in total. The highest BCUT2D eigenvalue weighted by molar-refractivity contribution is 8.00. The molecule has 0 bridgehead atoms. The second kappa shape index (κ2) is 8.46. The number of pyridine rings is 1. The third kappa shape index (κ3) is 4.10. The number of rotatable bonds is 6. The second-order valence-electron chi connectivity index (χ2n) is 6.79. The van der Waals surface area contributed by atoms with Crippen molar-refractivity contribution >= 4 is 45.2 Å². The van der Waals surface area contributed by atoms with Crippen molar-refractivity contribution in [3.8, 4) is 0 Å². The van der Waals surface area contributed by atoms with Crippen molar-refractivity contribution in [1.82, 2.24) is 24.3 Å². The molecule has 0 saturated heterocycles. The minimum absolute atomic E-state index is 0.0892. The van der Waals surface area contributed by atoms with Gasteiger partial charge in [0.1, 0.15) is 10.7 Å². The molecule has 1 amide bonds. The molecular weight excluding hydrogens is 412 g/mol. The van der Waals surface area contributed by atoms with Gasteiger partial charge in [-0.1, -0.05) is 32.1 Å². The van der Waals surface area contributed by atoms with Crippen molar-refractivity contribution in [2.75, 3.05) is 11.1 Å². The lowest BCUT2D eigenvalue weighted by atomic mass is 10.0. The fraction of sp³-hybridized carbons (Fsp3) is 0.444. The van der Waals surface area contributed by atoms with Gasteiger partial charge in [0, 0.05) is 25.2 Å². The number of aryl methyl sites for hydroxylation is 2. The molecule has 9 nitrogen and oxygen atoms in total. The van der Waals surface area contributed by atoms with E-state index in [-0.39, 0.29) is 17.6 Å². The summed E-state index contributed by atoms with van der Waals surface area (Å²) in [6.07, 6.45) is 2.43. The molecule has 0 unspecified atom stereocenters. The molecular formula is C18H22N6O3S2. The first kappa shape index (κ1) is 21.2. The van der Waals surface area contributed by atoms with Crippen molar-refractivity contribution < 1.29 is 4.79 Å². The van der Waals surface area contributed by atoms with E-state index in [0.717, 1.165) is 21.6 Å². The lowest BCUT2D eigenvalue weighted by Gasteiger charge is -2.16. The molecule has 3 heterocycles. The van der Waals surface area contributed by atoms with Crippen molar-refractivity contribution in [1.29, 1.82) is 0 Å². The summed E-state index contributed by atoms with van der Waals surface area (Å²) in [5.74, 6) is -0.0592. The Bertz CT molecular complexity index is 1190. The normalized spacial score (nSPS) is 11.4. The molecule has 11 heteroatoms. The highest BCUT2D eigenvalue weighted by Crippen LogP contribution is 2.32. The number of hydrogen-bond acceptors (Lipinski definition) is 8. The lowest BCUT2D eigenvalue weighted by Crippen LogP contribution is -2.37. The van der Waals surface area contributed by atoms with Gasteiger partial charge in [-0.3, -0.25) is 24.0 Å². The zero-order valence-electron chi connectivity index (χ0n) is 16.8. The predicted molar refractivity (Wildman–Crippen MR) is 115 cm³/mol. The van der Waals surface area contributed by atoms with E-state index in [1.807, 2.05) is 20.8 Å². The van der Waals surface area contributed by atoms with Crippen LogP contribution in [0.2, 0.25) is 0 Å². The van der Waals surface area contributed by atoms with Gasteiger partial charge in [-0.25, -0.2) is 9.78 Å². The van der Waals surface area contributed by atoms with Crippen LogP contribution in [0.15, 0.2) is 20.7 Å². The Morgan fingerprint density at radius 3 is 2.59 bits per heavy atom. The maximum Gasteiger partial charge on any atom is 0.332 e. The summed E-state index contributed by atoms with van der Waals surface area (Å²) >= 11 is 2.59. The Kier molecular flexibility index (Phi) is 6.18. The average Bonchev–Trinajstić information content (AvgIpc) is 3.15. The van der Waals surface area contributed by atoms with Crippen molar-refractivity contribution in [3.63, 3.8) is 0 Å². The first-order chi connectivity index (χ1) is 13.7. The summed E-state index contributed by atoms with van der Waals surface area (Å²) < 4.78 is 2.41. The number of carbonyl (C=O) groups excluding carboxylic acids is 1. The molecule has 0 saturated carbocycles. The number of nitrogens with zero attached hydrogens (tertiary/aromatic N) is 5. The zero-order chi connectivity index (χ0) is 21.3. The number of fused-ring (bicyclic) bond motifs is 1. The van der Waals surface area contributed by atoms with E-state index >= 15 is 0 Å². The van der Waals surface area contributed by atoms with E-state index in [0.29, 0.717) is 21.1 Å². The standard InChI is InChI=1S/C18H22N6O3S2/c1-6-12-21-22-17(29-12)20-11(25)8-28-14-10(9(2)3)7-19-15-13(14)16(26)24(5)18(27)23(15)4/h7,9H,6,8H2,1-5H3,(H,20,22,25). The maximum absolute atomic E-state index is 12.8. The zero-order valence-corrected chi connectivity index (χ0v) is 18.5. The molecule has 0 aliphatic rings. The third-order valence-electron chi connectivity index (χ3n) is 4.43. The van der Waals surface area contributed by atoms with Crippen LogP contribution >= 0.6 is 23.1 Å². The number of aromatic nitrogens is 5. The maximum atomic E-state index is 12.8. The van der Waals surface area contributed by atoms with Gasteiger partial charge in [0.15, 0.2) is 0 Å². The lowest BCUT2D eigenvalue weighted by molar-refractivity contribution is -0.113. The van der Waals surface area contributed by atoms with Gasteiger partial charge in [0.05, 0.1) is 11.1 Å². The molecule has 154 valence electrons. The van der Waals surface area contributed by atoms with Crippen molar-refractivity contribution in [2.24, 2.45) is 14.1 Å². The summed E-state index contributed by atoms with van der Waals surface area (Å²) in [4.78, 5) is 42.5. The fourth-order valence-corrected chi connectivity index (χ4v) is 4.65. The van der Waals surface area contributed by atoms with E-state index in [4.69, 9.17) is 0 Å². The SMILES string of the molecule is CCc1nnc(NC(=O)CSc2c(C(C)C)cnc3c2c(=O)n(C)c(=O)n3C)s1. The molecule has 0 fully saturated rings. The van der Waals surface area contributed by atoms with Crippen LogP contribution in [-0.4, -0.2) is 36.0 Å². The number of anilines is 1. The second-order valence-corrected chi connectivity index (χ2v) is 8.84. The van der Waals surface area contributed by atoms with Gasteiger partial charge in [-0.15, -0.1) is 22.0 Å². The Morgan fingerprint density at radius 2 is 1.97 bits per heavy atom. The van der Waals surface area contributed by atoms with Crippen LogP contribution in [0.1, 0.15) is 37.3 Å². The largest absolute Gasteiger partial charge is 0.332 e. The van der Waals surface area contributed by atoms with Crippen LogP contribution in [-0.2, 0) is 25.3 Å². The minimum Gasteiger partial charge on any atom is -0.300 e. The predicted octanol–water partition coefficient (Wildman–Crippen LogP) is 1.90. The third-order valence-corrected chi connectivity index (χ3v) is 6.55. The number of hydrogen-bond donors (Lipinski definition) is 1. The summed E-state index contributed by atoms with van der Waals surface area (Å²) in [7, 11) is 3.02. The highest BCUT2D eigenvalue weighted by Gasteiger charge is 2.20. The Labute approximate surface area is 175 Å². The average molecular weight is 435 g/mol. The quantitative estimate of drug-likeness (QED) is 0.590. The Hall–Kier alpha value is -2.53. The Balaban J connectivity index is 1.98. The van der Waals surface area contributed by atoms with Crippen LogP contribution in [0.25, 0.3) is 11.0 Å². The fourth-order valence-electron chi connectivity index (χ4n) is 2.82. The van der Waals surface area contributed by atoms with Gasteiger partial charge in [-0.05, 0) is 17.9 Å². The van der Waals surface area contributed by atoms with E-state index in [1.54, 1.807) is 13.2 Å². The Morgan fingerprint density at radius 1 is 1.24 bits per heavy atom. The van der Waals surface area contributed by atoms with Crippen molar-refractivity contribution in [3.05, 3.63) is 37.6 Å². The van der Waals surface area contributed by atoms with Crippen molar-refractivity contribution in [2.45, 2.75) is 38.0 Å². The van der Waals surface area contributed by atoms with Crippen LogP contribution in [0.4, 0.5) is 5.13 Å². The molecule has 3 rings (SSSR count). The number of nitrogens with one attached hydrogen (secondary N) is 1. The molecule has 0 aliphatic heterocycles. The molecule has 3 aromatic heterocycles. The minimum atomic E-state index is -0.441. The molecule has 0 spiro atoms. The highest BCUT2D eigenvalue weighted by atomic mass is 32.2. The topological polar surface area (TPSA) is 112 Å². The van der Waals surface area contributed by atoms with Crippen LogP contribution in [0.3, 0.4) is 0 Å². The number of amides is 1. The van der Waals surface area contributed by atoms with Gasteiger partial charge in [0.2, 0.25) is 11.0 Å².